The van der Waals surface area contributed by atoms with Crippen molar-refractivity contribution in [3.8, 4) is 10.4 Å². The fourth-order valence-electron chi connectivity index (χ4n) is 6.64. The molecule has 5 heteroatoms. The summed E-state index contributed by atoms with van der Waals surface area (Å²) in [6.45, 7) is 20.2. The molecule has 2 aromatic carbocycles. The van der Waals surface area contributed by atoms with Crippen molar-refractivity contribution in [3.63, 3.8) is 0 Å². The van der Waals surface area contributed by atoms with Crippen LogP contribution in [0.5, 0.6) is 0 Å². The summed E-state index contributed by atoms with van der Waals surface area (Å²) in [6.07, 6.45) is 26.3. The van der Waals surface area contributed by atoms with Crippen LogP contribution in [0.3, 0.4) is 0 Å². The maximum Gasteiger partial charge on any atom is 0.149 e. The standard InChI is InChI=1S/C47H52FN3S/c1-10-20-36(21-11-2)47(8,31-14-5)32-19-26-42-41(50-45-40(15-6)34(7)44(48)46(45)49-9)33-43(52-42)35-27-29-39(30-28-35)51(37(22-12-3)23-13-4)38-24-17-16-18-25-38/h10-14,16-31,33,40H,1,3,15,32H2,2,4-9H3/b21-11-,23-13-,26-19+,31-14-,36-20+,37-22+,49-46?,50-45?. The first kappa shape index (κ1) is 39.7. The van der Waals surface area contributed by atoms with Gasteiger partial charge in [-0.1, -0.05) is 112 Å². The Labute approximate surface area is 315 Å². The highest BCUT2D eigenvalue weighted by Gasteiger charge is 2.34. The number of aliphatic imine (C=N–C) groups is 2. The molecule has 1 aromatic heterocycles. The van der Waals surface area contributed by atoms with E-state index in [4.69, 9.17) is 4.99 Å². The number of halogens is 1. The Morgan fingerprint density at radius 3 is 2.21 bits per heavy atom. The van der Waals surface area contributed by atoms with Gasteiger partial charge in [0.1, 0.15) is 11.5 Å². The first-order valence-electron chi connectivity index (χ1n) is 17.9. The van der Waals surface area contributed by atoms with E-state index in [1.807, 2.05) is 63.3 Å². The van der Waals surface area contributed by atoms with Crippen molar-refractivity contribution >= 4 is 45.9 Å². The summed E-state index contributed by atoms with van der Waals surface area (Å²) in [4.78, 5) is 13.8. The Hall–Kier alpha value is -5.13. The molecule has 0 bridgehead atoms. The number of anilines is 2. The lowest BCUT2D eigenvalue weighted by Crippen LogP contribution is -2.16. The third-order valence-corrected chi connectivity index (χ3v) is 10.4. The fraction of sp³-hybridized carbons (Fsp3) is 0.234. The van der Waals surface area contributed by atoms with Gasteiger partial charge in [-0.05, 0) is 106 Å². The molecule has 0 saturated heterocycles. The van der Waals surface area contributed by atoms with Crippen LogP contribution in [0.25, 0.3) is 16.5 Å². The predicted molar refractivity (Wildman–Crippen MR) is 229 cm³/mol. The van der Waals surface area contributed by atoms with E-state index in [0.717, 1.165) is 50.9 Å². The van der Waals surface area contributed by atoms with Crippen LogP contribution < -0.4 is 4.90 Å². The summed E-state index contributed by atoms with van der Waals surface area (Å²) in [5.41, 5.74) is 7.69. The van der Waals surface area contributed by atoms with Crippen molar-refractivity contribution in [1.82, 2.24) is 0 Å². The van der Waals surface area contributed by atoms with E-state index in [0.29, 0.717) is 17.0 Å². The van der Waals surface area contributed by atoms with Gasteiger partial charge < -0.3 is 4.90 Å². The van der Waals surface area contributed by atoms with Crippen LogP contribution >= 0.6 is 11.3 Å². The molecule has 0 spiro atoms. The Balaban J connectivity index is 1.83. The second kappa shape index (κ2) is 18.9. The quantitative estimate of drug-likeness (QED) is 0.114. The van der Waals surface area contributed by atoms with E-state index >= 15 is 4.39 Å². The molecule has 268 valence electrons. The van der Waals surface area contributed by atoms with Crippen LogP contribution in [0.2, 0.25) is 0 Å². The third-order valence-electron chi connectivity index (χ3n) is 9.22. The van der Waals surface area contributed by atoms with Gasteiger partial charge in [0.2, 0.25) is 0 Å². The SMILES string of the molecule is C=C/C=C(\C=C/C)N(c1ccccc1)c1ccc(-c2cc(N=C3C(=NC)C(F)=C(C)C3CC)c(/C=C/CC(C)(/C=C\C)C(/C=C\C)=C/C=C)s2)cc1. The van der Waals surface area contributed by atoms with Crippen LogP contribution in [0.4, 0.5) is 21.5 Å². The van der Waals surface area contributed by atoms with Crippen LogP contribution in [-0.4, -0.2) is 18.5 Å². The first-order chi connectivity index (χ1) is 25.2. The maximum absolute atomic E-state index is 15.3. The van der Waals surface area contributed by atoms with E-state index < -0.39 is 0 Å². The van der Waals surface area contributed by atoms with Gasteiger partial charge in [0.25, 0.3) is 0 Å². The predicted octanol–water partition coefficient (Wildman–Crippen LogP) is 14.3. The van der Waals surface area contributed by atoms with Crippen molar-refractivity contribution in [2.45, 2.75) is 54.4 Å². The third kappa shape index (κ3) is 9.02. The summed E-state index contributed by atoms with van der Waals surface area (Å²) in [6, 6.07) is 21.1. The molecule has 0 radical (unpaired) electrons. The number of thiophene rings is 1. The lowest BCUT2D eigenvalue weighted by atomic mass is 9.78. The molecule has 0 amide bonds. The van der Waals surface area contributed by atoms with E-state index in [9.17, 15) is 0 Å². The highest BCUT2D eigenvalue weighted by atomic mass is 32.1. The zero-order valence-corrected chi connectivity index (χ0v) is 32.6. The van der Waals surface area contributed by atoms with E-state index in [1.165, 1.54) is 5.57 Å². The highest BCUT2D eigenvalue weighted by Crippen LogP contribution is 2.42. The molecule has 1 heterocycles. The molecule has 3 nitrogen and oxygen atoms in total. The normalized spacial score (nSPS) is 18.6. The molecule has 1 aliphatic carbocycles. The summed E-state index contributed by atoms with van der Waals surface area (Å²) >= 11 is 1.69. The first-order valence-corrected chi connectivity index (χ1v) is 18.7. The van der Waals surface area contributed by atoms with Crippen LogP contribution in [-0.2, 0) is 0 Å². The molecular weight excluding hydrogens is 658 g/mol. The monoisotopic (exact) mass is 709 g/mol. The zero-order valence-electron chi connectivity index (χ0n) is 31.7. The topological polar surface area (TPSA) is 28.0 Å². The second-order valence-electron chi connectivity index (χ2n) is 12.8. The molecule has 2 unspecified atom stereocenters. The van der Waals surface area contributed by atoms with Gasteiger partial charge in [-0.25, -0.2) is 9.38 Å². The zero-order chi connectivity index (χ0) is 37.7. The summed E-state index contributed by atoms with van der Waals surface area (Å²) in [5.74, 6) is -0.364. The van der Waals surface area contributed by atoms with Crippen LogP contribution in [0, 0.1) is 11.3 Å². The maximum atomic E-state index is 15.3. The largest absolute Gasteiger partial charge is 0.311 e. The van der Waals surface area contributed by atoms with Gasteiger partial charge in [-0.2, -0.15) is 0 Å². The smallest absolute Gasteiger partial charge is 0.149 e. The Morgan fingerprint density at radius 1 is 0.942 bits per heavy atom. The van der Waals surface area contributed by atoms with Gasteiger partial charge in [0.15, 0.2) is 0 Å². The molecule has 0 saturated carbocycles. The van der Waals surface area contributed by atoms with Gasteiger partial charge in [0.05, 0.1) is 16.3 Å². The fourth-order valence-corrected chi connectivity index (χ4v) is 7.67. The molecule has 3 aromatic rings. The van der Waals surface area contributed by atoms with Crippen molar-refractivity contribution in [2.24, 2.45) is 21.3 Å². The van der Waals surface area contributed by atoms with E-state index in [2.05, 4.69) is 135 Å². The van der Waals surface area contributed by atoms with Crippen LogP contribution in [0.15, 0.2) is 173 Å². The minimum absolute atomic E-state index is 0.109. The Morgan fingerprint density at radius 2 is 1.62 bits per heavy atom. The number of benzene rings is 2. The van der Waals surface area contributed by atoms with Gasteiger partial charge in [0, 0.05) is 40.3 Å². The molecule has 1 aliphatic rings. The van der Waals surface area contributed by atoms with E-state index in [1.54, 1.807) is 18.4 Å². The van der Waals surface area contributed by atoms with Crippen LogP contribution in [0.1, 0.15) is 59.3 Å². The summed E-state index contributed by atoms with van der Waals surface area (Å²) < 4.78 is 15.3. The molecule has 0 N–H and O–H groups in total. The Bertz CT molecular complexity index is 1990. The minimum Gasteiger partial charge on any atom is -0.311 e. The average Bonchev–Trinajstić information content (AvgIpc) is 3.65. The number of para-hydroxylation sites is 1. The van der Waals surface area contributed by atoms with Crippen molar-refractivity contribution < 1.29 is 4.39 Å². The molecule has 0 fully saturated rings. The lowest BCUT2D eigenvalue weighted by Gasteiger charge is -2.26. The second-order valence-corrected chi connectivity index (χ2v) is 13.9. The number of hydrogen-bond donors (Lipinski definition) is 0. The minimum atomic E-state index is -0.255. The number of rotatable bonds is 15. The Kier molecular flexibility index (Phi) is 14.4. The number of nitrogens with zero attached hydrogens (tertiary/aromatic N) is 3. The van der Waals surface area contributed by atoms with E-state index in [-0.39, 0.29) is 17.2 Å². The number of allylic oxidation sites excluding steroid dienone is 14. The van der Waals surface area contributed by atoms with Gasteiger partial charge >= 0.3 is 0 Å². The molecule has 52 heavy (non-hydrogen) atoms. The molecule has 4 rings (SSSR count). The van der Waals surface area contributed by atoms with Gasteiger partial charge in [-0.15, -0.1) is 11.3 Å². The van der Waals surface area contributed by atoms with Gasteiger partial charge in [-0.3, -0.25) is 4.99 Å². The summed E-state index contributed by atoms with van der Waals surface area (Å²) in [5, 5.41) is 0. The molecule has 0 aliphatic heterocycles. The average molecular weight is 710 g/mol. The number of hydrogen-bond acceptors (Lipinski definition) is 4. The van der Waals surface area contributed by atoms with Crippen molar-refractivity contribution in [3.05, 3.63) is 168 Å². The molecular formula is C47H52FN3S. The summed E-state index contributed by atoms with van der Waals surface area (Å²) in [7, 11) is 1.64. The molecule has 2 atom stereocenters. The lowest BCUT2D eigenvalue weighted by molar-refractivity contribution is 0.535. The van der Waals surface area contributed by atoms with Crippen molar-refractivity contribution in [2.75, 3.05) is 11.9 Å². The van der Waals surface area contributed by atoms with Crippen molar-refractivity contribution in [1.29, 1.82) is 0 Å². The highest BCUT2D eigenvalue weighted by molar-refractivity contribution is 7.17.